The first kappa shape index (κ1) is 26.2. The Kier molecular flexibility index (Phi) is 7.11. The van der Waals surface area contributed by atoms with Gasteiger partial charge >= 0.3 is 5.97 Å². The van der Waals surface area contributed by atoms with E-state index in [1.54, 1.807) is 30.7 Å². The third kappa shape index (κ3) is 4.66. The van der Waals surface area contributed by atoms with Gasteiger partial charge in [0.2, 0.25) is 0 Å². The Bertz CT molecular complexity index is 1940. The van der Waals surface area contributed by atoms with E-state index in [1.807, 2.05) is 42.5 Å². The maximum Gasteiger partial charge on any atom is 0.338 e. The molecule has 200 valence electrons. The van der Waals surface area contributed by atoms with Gasteiger partial charge in [0.25, 0.3) is 5.56 Å². The molecule has 0 bridgehead atoms. The zero-order valence-electron chi connectivity index (χ0n) is 21.9. The van der Waals surface area contributed by atoms with Crippen LogP contribution in [0.2, 0.25) is 5.02 Å². The van der Waals surface area contributed by atoms with Crippen LogP contribution in [-0.4, -0.2) is 30.9 Å². The highest BCUT2D eigenvalue weighted by atomic mass is 35.5. The highest BCUT2D eigenvalue weighted by Gasteiger charge is 2.33. The Morgan fingerprint density at radius 1 is 1.00 bits per heavy atom. The van der Waals surface area contributed by atoms with E-state index in [-0.39, 0.29) is 18.8 Å². The number of carbonyl (C=O) groups excluding carboxylic acids is 1. The lowest BCUT2D eigenvalue weighted by molar-refractivity contribution is -0.140. The molecule has 0 saturated heterocycles. The van der Waals surface area contributed by atoms with Crippen LogP contribution in [0.4, 0.5) is 0 Å². The van der Waals surface area contributed by atoms with Crippen molar-refractivity contribution in [2.75, 3.05) is 20.3 Å². The first-order valence-corrected chi connectivity index (χ1v) is 14.0. The first-order chi connectivity index (χ1) is 19.5. The molecule has 0 fully saturated rings. The summed E-state index contributed by atoms with van der Waals surface area (Å²) in [6, 6.07) is 24.9. The number of benzene rings is 4. The molecule has 2 heterocycles. The van der Waals surface area contributed by atoms with E-state index >= 15 is 0 Å². The monoisotopic (exact) mass is 568 g/mol. The highest BCUT2D eigenvalue weighted by molar-refractivity contribution is 7.07. The average Bonchev–Trinajstić information content (AvgIpc) is 3.26. The van der Waals surface area contributed by atoms with Gasteiger partial charge in [-0.15, -0.1) is 0 Å². The second-order valence-electron chi connectivity index (χ2n) is 9.49. The van der Waals surface area contributed by atoms with Gasteiger partial charge in [-0.3, -0.25) is 9.36 Å². The number of fused-ring (bicyclic) bond motifs is 3. The summed E-state index contributed by atoms with van der Waals surface area (Å²) in [5.41, 5.74) is 2.30. The van der Waals surface area contributed by atoms with Crippen molar-refractivity contribution in [3.63, 3.8) is 0 Å². The summed E-state index contributed by atoms with van der Waals surface area (Å²) in [6.07, 6.45) is 1.95. The standard InChI is InChI=1S/C32H25ClN2O4S/c1-19-28(31(37)39-16-15-38-2)29(20-11-13-23(33)14-12-20)35-30(36)27(40-32(35)34-19)18-26-24-9-5-3-7-21(24)17-22-8-4-6-10-25(22)26/h3-14,17-18,29H,15-16H2,1-2H3. The van der Waals surface area contributed by atoms with Crippen molar-refractivity contribution in [3.8, 4) is 0 Å². The molecule has 1 aliphatic rings. The van der Waals surface area contributed by atoms with Gasteiger partial charge in [-0.2, -0.15) is 0 Å². The van der Waals surface area contributed by atoms with E-state index in [0.717, 1.165) is 32.7 Å². The molecule has 0 spiro atoms. The zero-order valence-corrected chi connectivity index (χ0v) is 23.5. The van der Waals surface area contributed by atoms with E-state index < -0.39 is 12.0 Å². The molecule has 1 aliphatic heterocycles. The molecule has 8 heteroatoms. The molecular weight excluding hydrogens is 544 g/mol. The number of carbonyl (C=O) groups is 1. The van der Waals surface area contributed by atoms with Crippen molar-refractivity contribution in [2.24, 2.45) is 4.99 Å². The fraction of sp³-hybridized carbons (Fsp3) is 0.156. The number of rotatable bonds is 6. The molecule has 0 radical (unpaired) electrons. The molecule has 1 atom stereocenters. The zero-order chi connectivity index (χ0) is 27.8. The predicted octanol–water partition coefficient (Wildman–Crippen LogP) is 5.38. The van der Waals surface area contributed by atoms with Crippen molar-refractivity contribution < 1.29 is 14.3 Å². The average molecular weight is 569 g/mol. The third-order valence-corrected chi connectivity index (χ3v) is 8.27. The smallest absolute Gasteiger partial charge is 0.338 e. The molecule has 6 nitrogen and oxygen atoms in total. The molecule has 1 unspecified atom stereocenters. The number of esters is 1. The second kappa shape index (κ2) is 10.8. The summed E-state index contributed by atoms with van der Waals surface area (Å²) in [5.74, 6) is -0.535. The highest BCUT2D eigenvalue weighted by Crippen LogP contribution is 2.32. The molecule has 1 aromatic heterocycles. The molecule has 40 heavy (non-hydrogen) atoms. The molecule has 0 saturated carbocycles. The van der Waals surface area contributed by atoms with Crippen LogP contribution in [-0.2, 0) is 14.3 Å². The Morgan fingerprint density at radius 3 is 2.30 bits per heavy atom. The van der Waals surface area contributed by atoms with Gasteiger partial charge < -0.3 is 9.47 Å². The lowest BCUT2D eigenvalue weighted by atomic mass is 9.96. The minimum atomic E-state index is -0.713. The Morgan fingerprint density at radius 2 is 1.65 bits per heavy atom. The Hall–Kier alpha value is -4.04. The van der Waals surface area contributed by atoms with Crippen LogP contribution >= 0.6 is 22.9 Å². The van der Waals surface area contributed by atoms with Crippen LogP contribution < -0.4 is 14.9 Å². The Labute approximate surface area is 239 Å². The number of allylic oxidation sites excluding steroid dienone is 1. The summed E-state index contributed by atoms with van der Waals surface area (Å²) in [6.45, 7) is 2.13. The quantitative estimate of drug-likeness (QED) is 0.157. The van der Waals surface area contributed by atoms with Crippen molar-refractivity contribution in [1.29, 1.82) is 0 Å². The van der Waals surface area contributed by atoms with Crippen molar-refractivity contribution in [3.05, 3.63) is 126 Å². The normalized spacial score (nSPS) is 15.4. The molecule has 5 aromatic rings. The molecule has 4 aromatic carbocycles. The van der Waals surface area contributed by atoms with E-state index in [0.29, 0.717) is 25.6 Å². The van der Waals surface area contributed by atoms with Crippen LogP contribution in [0.15, 0.2) is 99.9 Å². The van der Waals surface area contributed by atoms with Gasteiger partial charge in [0.15, 0.2) is 4.80 Å². The van der Waals surface area contributed by atoms with E-state index in [4.69, 9.17) is 26.1 Å². The summed E-state index contributed by atoms with van der Waals surface area (Å²) in [5, 5.41) is 4.86. The molecule has 0 amide bonds. The summed E-state index contributed by atoms with van der Waals surface area (Å²) >= 11 is 7.49. The lowest BCUT2D eigenvalue weighted by Gasteiger charge is -2.24. The number of nitrogens with zero attached hydrogens (tertiary/aromatic N) is 2. The molecule has 0 aliphatic carbocycles. The van der Waals surface area contributed by atoms with Gasteiger partial charge in [0.05, 0.1) is 28.5 Å². The minimum absolute atomic E-state index is 0.0953. The van der Waals surface area contributed by atoms with Crippen molar-refractivity contribution >= 4 is 56.5 Å². The third-order valence-electron chi connectivity index (χ3n) is 7.04. The van der Waals surface area contributed by atoms with E-state index in [9.17, 15) is 9.59 Å². The summed E-state index contributed by atoms with van der Waals surface area (Å²) in [7, 11) is 1.54. The second-order valence-corrected chi connectivity index (χ2v) is 10.9. The van der Waals surface area contributed by atoms with Crippen molar-refractivity contribution in [2.45, 2.75) is 13.0 Å². The van der Waals surface area contributed by atoms with E-state index in [2.05, 4.69) is 30.3 Å². The fourth-order valence-corrected chi connectivity index (χ4v) is 6.33. The fourth-order valence-electron chi connectivity index (χ4n) is 5.17. The number of hydrogen-bond donors (Lipinski definition) is 0. The minimum Gasteiger partial charge on any atom is -0.460 e. The first-order valence-electron chi connectivity index (χ1n) is 12.8. The predicted molar refractivity (Wildman–Crippen MR) is 160 cm³/mol. The summed E-state index contributed by atoms with van der Waals surface area (Å²) in [4.78, 5) is 32.7. The van der Waals surface area contributed by atoms with Crippen LogP contribution in [0, 0.1) is 0 Å². The summed E-state index contributed by atoms with van der Waals surface area (Å²) < 4.78 is 12.7. The maximum atomic E-state index is 14.1. The van der Waals surface area contributed by atoms with Crippen molar-refractivity contribution in [1.82, 2.24) is 4.57 Å². The number of aromatic nitrogens is 1. The topological polar surface area (TPSA) is 69.9 Å². The van der Waals surface area contributed by atoms with Crippen LogP contribution in [0.3, 0.4) is 0 Å². The number of ether oxygens (including phenoxy) is 2. The lowest BCUT2D eigenvalue weighted by Crippen LogP contribution is -2.40. The molecule has 6 rings (SSSR count). The molecular formula is C32H25ClN2O4S. The number of halogens is 1. The number of thiazole rings is 1. The Balaban J connectivity index is 1.58. The van der Waals surface area contributed by atoms with Crippen LogP contribution in [0.5, 0.6) is 0 Å². The number of methoxy groups -OCH3 is 1. The van der Waals surface area contributed by atoms with Gasteiger partial charge in [-0.1, -0.05) is 83.6 Å². The SMILES string of the molecule is COCCOC(=O)C1=C(C)N=c2sc(=Cc3c4ccccc4cc4ccccc34)c(=O)n2C1c1ccc(Cl)cc1. The van der Waals surface area contributed by atoms with Crippen LogP contribution in [0.25, 0.3) is 27.6 Å². The largest absolute Gasteiger partial charge is 0.460 e. The van der Waals surface area contributed by atoms with Gasteiger partial charge in [-0.05, 0) is 63.9 Å². The van der Waals surface area contributed by atoms with Crippen LogP contribution in [0.1, 0.15) is 24.1 Å². The van der Waals surface area contributed by atoms with Gasteiger partial charge in [-0.25, -0.2) is 9.79 Å². The van der Waals surface area contributed by atoms with E-state index in [1.165, 1.54) is 11.3 Å². The molecule has 0 N–H and O–H groups in total. The maximum absolute atomic E-state index is 14.1. The number of hydrogen-bond acceptors (Lipinski definition) is 6. The van der Waals surface area contributed by atoms with Gasteiger partial charge in [0, 0.05) is 12.1 Å². The van der Waals surface area contributed by atoms with Gasteiger partial charge in [0.1, 0.15) is 6.61 Å².